The average molecular weight is 261 g/mol. The number of nitrogens with one attached hydrogen (secondary N) is 1. The summed E-state index contributed by atoms with van der Waals surface area (Å²) in [5, 5.41) is 2.75. The molecular weight excluding hydrogens is 242 g/mol. The van der Waals surface area contributed by atoms with Crippen molar-refractivity contribution in [2.24, 2.45) is 5.92 Å². The maximum Gasteiger partial charge on any atom is 0.230 e. The van der Waals surface area contributed by atoms with Gasteiger partial charge in [-0.25, -0.2) is 4.98 Å². The number of anilines is 1. The minimum Gasteiger partial charge on any atom is -0.342 e. The lowest BCUT2D eigenvalue weighted by atomic mass is 10.1. The fourth-order valence-electron chi connectivity index (χ4n) is 2.18. The number of rotatable bonds is 5. The van der Waals surface area contributed by atoms with Crippen molar-refractivity contribution in [1.82, 2.24) is 9.88 Å². The van der Waals surface area contributed by atoms with Crippen LogP contribution in [0.2, 0.25) is 0 Å². The van der Waals surface area contributed by atoms with Gasteiger partial charge in [-0.3, -0.25) is 9.59 Å². The van der Waals surface area contributed by atoms with E-state index >= 15 is 0 Å². The van der Waals surface area contributed by atoms with Gasteiger partial charge < -0.3 is 10.2 Å². The quantitative estimate of drug-likeness (QED) is 0.877. The lowest BCUT2D eigenvalue weighted by Gasteiger charge is -2.15. The van der Waals surface area contributed by atoms with Gasteiger partial charge in [0.2, 0.25) is 11.8 Å². The van der Waals surface area contributed by atoms with Crippen LogP contribution in [0.25, 0.3) is 0 Å². The van der Waals surface area contributed by atoms with Gasteiger partial charge in [0, 0.05) is 25.7 Å². The summed E-state index contributed by atoms with van der Waals surface area (Å²) in [4.78, 5) is 29.7. The van der Waals surface area contributed by atoms with Gasteiger partial charge in [0.05, 0.1) is 5.92 Å². The van der Waals surface area contributed by atoms with E-state index < -0.39 is 0 Å². The molecule has 2 rings (SSSR count). The van der Waals surface area contributed by atoms with E-state index in [1.54, 1.807) is 23.2 Å². The normalized spacial score (nSPS) is 18.7. The van der Waals surface area contributed by atoms with E-state index in [0.717, 1.165) is 19.4 Å². The molecule has 102 valence electrons. The molecule has 5 nitrogen and oxygen atoms in total. The van der Waals surface area contributed by atoms with Gasteiger partial charge in [-0.05, 0) is 18.6 Å². The van der Waals surface area contributed by atoms with Crippen LogP contribution in [0.1, 0.15) is 26.2 Å². The number of aromatic nitrogens is 1. The maximum absolute atomic E-state index is 12.0. The first kappa shape index (κ1) is 13.5. The number of likely N-dealkylation sites (tertiary alicyclic amines) is 1. The number of nitrogens with zero attached hydrogens (tertiary/aromatic N) is 2. The third kappa shape index (κ3) is 3.53. The van der Waals surface area contributed by atoms with Crippen LogP contribution in [0.3, 0.4) is 0 Å². The first-order valence-electron chi connectivity index (χ1n) is 6.70. The molecule has 1 aliphatic heterocycles. The van der Waals surface area contributed by atoms with E-state index in [1.807, 2.05) is 6.07 Å². The van der Waals surface area contributed by atoms with Crippen LogP contribution >= 0.6 is 0 Å². The topological polar surface area (TPSA) is 62.3 Å². The van der Waals surface area contributed by atoms with Gasteiger partial charge in [0.25, 0.3) is 0 Å². The Bertz CT molecular complexity index is 447. The first-order valence-corrected chi connectivity index (χ1v) is 6.70. The summed E-state index contributed by atoms with van der Waals surface area (Å²) in [6.07, 6.45) is 3.97. The number of hydrogen-bond donors (Lipinski definition) is 1. The molecule has 5 heteroatoms. The van der Waals surface area contributed by atoms with Crippen molar-refractivity contribution < 1.29 is 9.59 Å². The summed E-state index contributed by atoms with van der Waals surface area (Å²) in [7, 11) is 0. The summed E-state index contributed by atoms with van der Waals surface area (Å²) in [5.74, 6) is 0.235. The van der Waals surface area contributed by atoms with Gasteiger partial charge in [-0.1, -0.05) is 19.4 Å². The van der Waals surface area contributed by atoms with Crippen LogP contribution < -0.4 is 5.32 Å². The molecule has 1 N–H and O–H groups in total. The van der Waals surface area contributed by atoms with Crippen molar-refractivity contribution in [2.75, 3.05) is 18.4 Å². The van der Waals surface area contributed by atoms with Crippen LogP contribution in [0, 0.1) is 5.92 Å². The standard InChI is InChI=1S/C14H19N3O2/c1-2-3-8-17-10-11(9-13(17)18)14(19)16-12-6-4-5-7-15-12/h4-7,11H,2-3,8-10H2,1H3,(H,15,16,19). The Morgan fingerprint density at radius 3 is 3.05 bits per heavy atom. The van der Waals surface area contributed by atoms with Crippen LogP contribution in [-0.2, 0) is 9.59 Å². The fraction of sp³-hybridized carbons (Fsp3) is 0.500. The summed E-state index contributed by atoms with van der Waals surface area (Å²) < 4.78 is 0. The Labute approximate surface area is 113 Å². The molecule has 19 heavy (non-hydrogen) atoms. The predicted molar refractivity (Wildman–Crippen MR) is 72.5 cm³/mol. The second kappa shape index (κ2) is 6.31. The number of pyridine rings is 1. The summed E-state index contributed by atoms with van der Waals surface area (Å²) in [5.41, 5.74) is 0. The lowest BCUT2D eigenvalue weighted by Crippen LogP contribution is -2.29. The smallest absolute Gasteiger partial charge is 0.230 e. The van der Waals surface area contributed by atoms with E-state index in [2.05, 4.69) is 17.2 Å². The van der Waals surface area contributed by atoms with E-state index in [0.29, 0.717) is 18.8 Å². The highest BCUT2D eigenvalue weighted by molar-refractivity contribution is 5.96. The minimum absolute atomic E-state index is 0.0784. The Morgan fingerprint density at radius 1 is 1.53 bits per heavy atom. The van der Waals surface area contributed by atoms with Crippen LogP contribution in [0.5, 0.6) is 0 Å². The SMILES string of the molecule is CCCCN1CC(C(=O)Nc2ccccn2)CC1=O. The highest BCUT2D eigenvalue weighted by Crippen LogP contribution is 2.19. The van der Waals surface area contributed by atoms with Crippen LogP contribution in [0.15, 0.2) is 24.4 Å². The Hall–Kier alpha value is -1.91. The monoisotopic (exact) mass is 261 g/mol. The second-order valence-electron chi connectivity index (χ2n) is 4.80. The van der Waals surface area contributed by atoms with Gasteiger partial charge in [-0.15, -0.1) is 0 Å². The maximum atomic E-state index is 12.0. The van der Waals surface area contributed by atoms with Crippen molar-refractivity contribution in [3.63, 3.8) is 0 Å². The van der Waals surface area contributed by atoms with Gasteiger partial charge in [-0.2, -0.15) is 0 Å². The predicted octanol–water partition coefficient (Wildman–Crippen LogP) is 1.67. The molecule has 2 heterocycles. The van der Waals surface area contributed by atoms with E-state index in [1.165, 1.54) is 0 Å². The Balaban J connectivity index is 1.89. The molecule has 1 aromatic rings. The number of unbranched alkanes of at least 4 members (excludes halogenated alkanes) is 1. The Morgan fingerprint density at radius 2 is 2.37 bits per heavy atom. The molecule has 0 spiro atoms. The van der Waals surface area contributed by atoms with Crippen molar-refractivity contribution in [3.05, 3.63) is 24.4 Å². The molecule has 1 aliphatic rings. The molecule has 0 bridgehead atoms. The molecule has 1 unspecified atom stereocenters. The van der Waals surface area contributed by atoms with Crippen LogP contribution in [-0.4, -0.2) is 34.8 Å². The summed E-state index contributed by atoms with van der Waals surface area (Å²) in [6.45, 7) is 3.37. The summed E-state index contributed by atoms with van der Waals surface area (Å²) in [6, 6.07) is 5.35. The molecule has 1 fully saturated rings. The largest absolute Gasteiger partial charge is 0.342 e. The third-order valence-electron chi connectivity index (χ3n) is 3.28. The zero-order chi connectivity index (χ0) is 13.7. The van der Waals surface area contributed by atoms with Crippen molar-refractivity contribution in [1.29, 1.82) is 0 Å². The zero-order valence-electron chi connectivity index (χ0n) is 11.1. The average Bonchev–Trinajstić information content (AvgIpc) is 2.79. The highest BCUT2D eigenvalue weighted by atomic mass is 16.2. The number of hydrogen-bond acceptors (Lipinski definition) is 3. The third-order valence-corrected chi connectivity index (χ3v) is 3.28. The fourth-order valence-corrected chi connectivity index (χ4v) is 2.18. The highest BCUT2D eigenvalue weighted by Gasteiger charge is 2.33. The van der Waals surface area contributed by atoms with E-state index in [9.17, 15) is 9.59 Å². The number of amides is 2. The van der Waals surface area contributed by atoms with Gasteiger partial charge in [0.1, 0.15) is 5.82 Å². The molecule has 0 aliphatic carbocycles. The zero-order valence-corrected chi connectivity index (χ0v) is 11.1. The van der Waals surface area contributed by atoms with Gasteiger partial charge in [0.15, 0.2) is 0 Å². The second-order valence-corrected chi connectivity index (χ2v) is 4.80. The summed E-state index contributed by atoms with van der Waals surface area (Å²) >= 11 is 0. The molecule has 0 aromatic carbocycles. The van der Waals surface area contributed by atoms with Crippen LogP contribution in [0.4, 0.5) is 5.82 Å². The number of carbonyl (C=O) groups is 2. The minimum atomic E-state index is -0.258. The molecule has 2 amide bonds. The van der Waals surface area contributed by atoms with Crippen molar-refractivity contribution >= 4 is 17.6 Å². The van der Waals surface area contributed by atoms with Crippen molar-refractivity contribution in [2.45, 2.75) is 26.2 Å². The molecular formula is C14H19N3O2. The molecule has 0 saturated carbocycles. The van der Waals surface area contributed by atoms with E-state index in [-0.39, 0.29) is 17.7 Å². The molecule has 1 aromatic heterocycles. The Kier molecular flexibility index (Phi) is 4.49. The number of carbonyl (C=O) groups excluding carboxylic acids is 2. The molecule has 1 atom stereocenters. The molecule has 1 saturated heterocycles. The van der Waals surface area contributed by atoms with Crippen molar-refractivity contribution in [3.8, 4) is 0 Å². The van der Waals surface area contributed by atoms with Gasteiger partial charge >= 0.3 is 0 Å². The first-order chi connectivity index (χ1) is 9.20. The van der Waals surface area contributed by atoms with E-state index in [4.69, 9.17) is 0 Å². The lowest BCUT2D eigenvalue weighted by molar-refractivity contribution is -0.128. The molecule has 0 radical (unpaired) electrons.